The number of hydrogen-bond donors (Lipinski definition) is 1. The Labute approximate surface area is 117 Å². The lowest BCUT2D eigenvalue weighted by Gasteiger charge is -2.14. The molecule has 1 aromatic heterocycles. The zero-order valence-corrected chi connectivity index (χ0v) is 12.0. The molecule has 18 heavy (non-hydrogen) atoms. The second kappa shape index (κ2) is 6.23. The number of hydrogen-bond acceptors (Lipinski definition) is 3. The molecule has 0 bridgehead atoms. The van der Waals surface area contributed by atoms with Crippen molar-refractivity contribution in [2.24, 2.45) is 0 Å². The molecule has 2 nitrogen and oxygen atoms in total. The SMILES string of the molecule is COCc1cccc(NC(C)c2csc(Cl)c2)c1. The predicted octanol–water partition coefficient (Wildman–Crippen LogP) is 4.72. The van der Waals surface area contributed by atoms with Gasteiger partial charge in [-0.05, 0) is 41.6 Å². The van der Waals surface area contributed by atoms with Crippen molar-refractivity contribution in [3.05, 3.63) is 51.2 Å². The van der Waals surface area contributed by atoms with E-state index in [1.807, 2.05) is 12.1 Å². The maximum atomic E-state index is 5.95. The van der Waals surface area contributed by atoms with Crippen LogP contribution in [-0.2, 0) is 11.3 Å². The van der Waals surface area contributed by atoms with Gasteiger partial charge >= 0.3 is 0 Å². The number of halogens is 1. The molecule has 2 rings (SSSR count). The normalized spacial score (nSPS) is 12.4. The lowest BCUT2D eigenvalue weighted by atomic mass is 10.1. The second-order valence-electron chi connectivity index (χ2n) is 4.18. The van der Waals surface area contributed by atoms with E-state index in [0.29, 0.717) is 6.61 Å². The standard InChI is InChI=1S/C14H16ClNOS/c1-10(12-7-14(15)18-9-12)16-13-5-3-4-11(6-13)8-17-2/h3-7,9-10,16H,8H2,1-2H3. The first kappa shape index (κ1) is 13.4. The van der Waals surface area contributed by atoms with Crippen molar-refractivity contribution in [1.82, 2.24) is 0 Å². The predicted molar refractivity (Wildman–Crippen MR) is 78.5 cm³/mol. The van der Waals surface area contributed by atoms with Gasteiger partial charge in [0.05, 0.1) is 10.9 Å². The third-order valence-corrected chi connectivity index (χ3v) is 3.82. The average Bonchev–Trinajstić information content (AvgIpc) is 2.77. The van der Waals surface area contributed by atoms with Crippen LogP contribution < -0.4 is 5.32 Å². The summed E-state index contributed by atoms with van der Waals surface area (Å²) >= 11 is 7.51. The highest BCUT2D eigenvalue weighted by atomic mass is 35.5. The minimum absolute atomic E-state index is 0.242. The molecule has 0 saturated heterocycles. The lowest BCUT2D eigenvalue weighted by molar-refractivity contribution is 0.185. The first-order valence-electron chi connectivity index (χ1n) is 5.77. The molecule has 4 heteroatoms. The summed E-state index contributed by atoms with van der Waals surface area (Å²) in [6, 6.07) is 10.5. The van der Waals surface area contributed by atoms with E-state index < -0.39 is 0 Å². The van der Waals surface area contributed by atoms with Crippen LogP contribution in [0.3, 0.4) is 0 Å². The highest BCUT2D eigenvalue weighted by Gasteiger charge is 2.07. The molecule has 0 saturated carbocycles. The fourth-order valence-corrected chi connectivity index (χ4v) is 2.79. The first-order valence-corrected chi connectivity index (χ1v) is 7.03. The van der Waals surface area contributed by atoms with Crippen molar-refractivity contribution in [2.45, 2.75) is 19.6 Å². The first-order chi connectivity index (χ1) is 8.69. The van der Waals surface area contributed by atoms with Crippen LogP contribution in [0.4, 0.5) is 5.69 Å². The summed E-state index contributed by atoms with van der Waals surface area (Å²) in [4.78, 5) is 0. The summed E-state index contributed by atoms with van der Waals surface area (Å²) in [7, 11) is 1.70. The van der Waals surface area contributed by atoms with Crippen molar-refractivity contribution in [3.8, 4) is 0 Å². The van der Waals surface area contributed by atoms with Crippen molar-refractivity contribution in [3.63, 3.8) is 0 Å². The summed E-state index contributed by atoms with van der Waals surface area (Å²) < 4.78 is 5.96. The van der Waals surface area contributed by atoms with Gasteiger partial charge in [-0.2, -0.15) is 0 Å². The molecule has 1 heterocycles. The Kier molecular flexibility index (Phi) is 4.64. The summed E-state index contributed by atoms with van der Waals surface area (Å²) in [5, 5.41) is 5.55. The Morgan fingerprint density at radius 2 is 2.22 bits per heavy atom. The Morgan fingerprint density at radius 3 is 2.89 bits per heavy atom. The number of methoxy groups -OCH3 is 1. The van der Waals surface area contributed by atoms with E-state index >= 15 is 0 Å². The van der Waals surface area contributed by atoms with E-state index in [1.54, 1.807) is 18.4 Å². The van der Waals surface area contributed by atoms with Gasteiger partial charge in [-0.15, -0.1) is 11.3 Å². The van der Waals surface area contributed by atoms with Crippen LogP contribution in [0.15, 0.2) is 35.7 Å². The van der Waals surface area contributed by atoms with Gasteiger partial charge in [0.1, 0.15) is 0 Å². The van der Waals surface area contributed by atoms with Gasteiger partial charge in [0.25, 0.3) is 0 Å². The van der Waals surface area contributed by atoms with Crippen LogP contribution in [0.1, 0.15) is 24.1 Å². The average molecular weight is 282 g/mol. The maximum Gasteiger partial charge on any atom is 0.0931 e. The molecular weight excluding hydrogens is 266 g/mol. The Bertz CT molecular complexity index is 512. The molecule has 0 aliphatic carbocycles. The van der Waals surface area contributed by atoms with Gasteiger partial charge < -0.3 is 10.1 Å². The third kappa shape index (κ3) is 3.48. The van der Waals surface area contributed by atoms with Crippen LogP contribution in [0.5, 0.6) is 0 Å². The number of nitrogens with one attached hydrogen (secondary N) is 1. The van der Waals surface area contributed by atoms with Crippen LogP contribution in [0.2, 0.25) is 4.34 Å². The van der Waals surface area contributed by atoms with Crippen molar-refractivity contribution in [2.75, 3.05) is 12.4 Å². The molecule has 96 valence electrons. The molecule has 0 amide bonds. The molecule has 2 aromatic rings. The van der Waals surface area contributed by atoms with E-state index in [4.69, 9.17) is 16.3 Å². The molecule has 0 radical (unpaired) electrons. The van der Waals surface area contributed by atoms with Gasteiger partial charge in [0, 0.05) is 18.8 Å². The van der Waals surface area contributed by atoms with Crippen molar-refractivity contribution < 1.29 is 4.74 Å². The van der Waals surface area contributed by atoms with Crippen molar-refractivity contribution >= 4 is 28.6 Å². The molecule has 0 fully saturated rings. The third-order valence-electron chi connectivity index (χ3n) is 2.71. The maximum absolute atomic E-state index is 5.95. The topological polar surface area (TPSA) is 21.3 Å². The second-order valence-corrected chi connectivity index (χ2v) is 5.73. The van der Waals surface area contributed by atoms with Gasteiger partial charge in [-0.3, -0.25) is 0 Å². The largest absolute Gasteiger partial charge is 0.380 e. The highest BCUT2D eigenvalue weighted by Crippen LogP contribution is 2.27. The zero-order chi connectivity index (χ0) is 13.0. The summed E-state index contributed by atoms with van der Waals surface area (Å²) in [5.41, 5.74) is 3.47. The Balaban J connectivity index is 2.06. The highest BCUT2D eigenvalue weighted by molar-refractivity contribution is 7.14. The number of ether oxygens (including phenoxy) is 1. The van der Waals surface area contributed by atoms with E-state index in [1.165, 1.54) is 5.56 Å². The smallest absolute Gasteiger partial charge is 0.0931 e. The fourth-order valence-electron chi connectivity index (χ4n) is 1.80. The number of thiophene rings is 1. The van der Waals surface area contributed by atoms with E-state index in [-0.39, 0.29) is 6.04 Å². The molecule has 0 aliphatic heterocycles. The molecule has 1 aromatic carbocycles. The van der Waals surface area contributed by atoms with Gasteiger partial charge in [0.2, 0.25) is 0 Å². The van der Waals surface area contributed by atoms with E-state index in [2.05, 4.69) is 35.8 Å². The minimum Gasteiger partial charge on any atom is -0.380 e. The monoisotopic (exact) mass is 281 g/mol. The minimum atomic E-state index is 0.242. The van der Waals surface area contributed by atoms with Crippen molar-refractivity contribution in [1.29, 1.82) is 0 Å². The number of benzene rings is 1. The van der Waals surface area contributed by atoms with Crippen LogP contribution >= 0.6 is 22.9 Å². The van der Waals surface area contributed by atoms with Gasteiger partial charge in [-0.1, -0.05) is 23.7 Å². The van der Waals surface area contributed by atoms with Crippen LogP contribution in [-0.4, -0.2) is 7.11 Å². The quantitative estimate of drug-likeness (QED) is 0.856. The Hall–Kier alpha value is -1.03. The van der Waals surface area contributed by atoms with Gasteiger partial charge in [-0.25, -0.2) is 0 Å². The zero-order valence-electron chi connectivity index (χ0n) is 10.4. The molecular formula is C14H16ClNOS. The molecule has 1 atom stereocenters. The molecule has 0 aliphatic rings. The number of anilines is 1. The molecule has 0 spiro atoms. The van der Waals surface area contributed by atoms with Crippen LogP contribution in [0, 0.1) is 0 Å². The molecule has 1 unspecified atom stereocenters. The summed E-state index contributed by atoms with van der Waals surface area (Å²) in [6.07, 6.45) is 0. The number of rotatable bonds is 5. The summed E-state index contributed by atoms with van der Waals surface area (Å²) in [6.45, 7) is 2.76. The van der Waals surface area contributed by atoms with Crippen LogP contribution in [0.25, 0.3) is 0 Å². The lowest BCUT2D eigenvalue weighted by Crippen LogP contribution is -2.05. The van der Waals surface area contributed by atoms with E-state index in [9.17, 15) is 0 Å². The van der Waals surface area contributed by atoms with Gasteiger partial charge in [0.15, 0.2) is 0 Å². The molecule has 1 N–H and O–H groups in total. The summed E-state index contributed by atoms with van der Waals surface area (Å²) in [5.74, 6) is 0. The fraction of sp³-hybridized carbons (Fsp3) is 0.286. The van der Waals surface area contributed by atoms with E-state index in [0.717, 1.165) is 15.6 Å². The Morgan fingerprint density at radius 1 is 1.39 bits per heavy atom.